The van der Waals surface area contributed by atoms with E-state index in [0.29, 0.717) is 42.1 Å². The van der Waals surface area contributed by atoms with Crippen LogP contribution in [0.5, 0.6) is 23.0 Å². The van der Waals surface area contributed by atoms with Gasteiger partial charge in [-0.05, 0) is 36.8 Å². The fourth-order valence-corrected chi connectivity index (χ4v) is 2.36. The zero-order valence-electron chi connectivity index (χ0n) is 15.9. The first kappa shape index (κ1) is 22.7. The number of nitrogens with two attached hydrogens (primary N) is 1. The van der Waals surface area contributed by atoms with Gasteiger partial charge in [0.15, 0.2) is 29.0 Å². The molecule has 148 valence electrons. The molecule has 0 radical (unpaired) electrons. The molecule has 0 bridgehead atoms. The molecule has 8 heteroatoms. The average Bonchev–Trinajstić information content (AvgIpc) is 2.67. The van der Waals surface area contributed by atoms with Gasteiger partial charge >= 0.3 is 0 Å². The van der Waals surface area contributed by atoms with Crippen molar-refractivity contribution in [3.8, 4) is 23.0 Å². The zero-order valence-corrected chi connectivity index (χ0v) is 18.3. The SMILES string of the molecule is CCOc1ccc(CN=C(N)Nc2ccc(OC)c(OC)c2)cc1OC.I. The Morgan fingerprint density at radius 1 is 0.926 bits per heavy atom. The highest BCUT2D eigenvalue weighted by Crippen LogP contribution is 2.30. The lowest BCUT2D eigenvalue weighted by Gasteiger charge is -2.11. The van der Waals surface area contributed by atoms with E-state index in [4.69, 9.17) is 24.7 Å². The molecular formula is C19H26IN3O4. The Morgan fingerprint density at radius 2 is 1.56 bits per heavy atom. The summed E-state index contributed by atoms with van der Waals surface area (Å²) in [6.07, 6.45) is 0. The summed E-state index contributed by atoms with van der Waals surface area (Å²) in [5.74, 6) is 2.94. The molecule has 2 aromatic carbocycles. The summed E-state index contributed by atoms with van der Waals surface area (Å²) in [7, 11) is 4.78. The lowest BCUT2D eigenvalue weighted by Crippen LogP contribution is -2.22. The molecule has 0 aliphatic carbocycles. The van der Waals surface area contributed by atoms with Crippen LogP contribution >= 0.6 is 24.0 Å². The number of halogens is 1. The van der Waals surface area contributed by atoms with E-state index in [1.807, 2.05) is 31.2 Å². The number of ether oxygens (including phenoxy) is 4. The van der Waals surface area contributed by atoms with Crippen molar-refractivity contribution in [3.63, 3.8) is 0 Å². The van der Waals surface area contributed by atoms with E-state index in [1.165, 1.54) is 0 Å². The summed E-state index contributed by atoms with van der Waals surface area (Å²) in [6, 6.07) is 11.1. The summed E-state index contributed by atoms with van der Waals surface area (Å²) in [5.41, 5.74) is 7.69. The molecule has 2 aromatic rings. The smallest absolute Gasteiger partial charge is 0.193 e. The molecule has 0 fully saturated rings. The van der Waals surface area contributed by atoms with Gasteiger partial charge < -0.3 is 30.0 Å². The molecule has 0 aromatic heterocycles. The van der Waals surface area contributed by atoms with Crippen LogP contribution in [0, 0.1) is 0 Å². The van der Waals surface area contributed by atoms with Crippen LogP contribution in [-0.2, 0) is 6.54 Å². The fourth-order valence-electron chi connectivity index (χ4n) is 2.36. The summed E-state index contributed by atoms with van der Waals surface area (Å²) in [5, 5.41) is 3.03. The Labute approximate surface area is 176 Å². The normalized spacial score (nSPS) is 10.6. The number of methoxy groups -OCH3 is 3. The van der Waals surface area contributed by atoms with Gasteiger partial charge in [-0.25, -0.2) is 4.99 Å². The quantitative estimate of drug-likeness (QED) is 0.336. The van der Waals surface area contributed by atoms with E-state index in [2.05, 4.69) is 10.3 Å². The third-order valence-electron chi connectivity index (χ3n) is 3.62. The second kappa shape index (κ2) is 11.4. The van der Waals surface area contributed by atoms with Gasteiger partial charge in [-0.1, -0.05) is 6.07 Å². The Bertz CT molecular complexity index is 769. The number of rotatable bonds is 8. The van der Waals surface area contributed by atoms with Crippen molar-refractivity contribution >= 4 is 35.6 Å². The highest BCUT2D eigenvalue weighted by Gasteiger charge is 2.07. The molecular weight excluding hydrogens is 461 g/mol. The molecule has 7 nitrogen and oxygen atoms in total. The summed E-state index contributed by atoms with van der Waals surface area (Å²) in [4.78, 5) is 4.35. The van der Waals surface area contributed by atoms with Gasteiger partial charge in [0.1, 0.15) is 0 Å². The fraction of sp³-hybridized carbons (Fsp3) is 0.316. The molecule has 0 heterocycles. The number of nitrogens with one attached hydrogen (secondary N) is 1. The van der Waals surface area contributed by atoms with Crippen LogP contribution in [0.15, 0.2) is 41.4 Å². The predicted octanol–water partition coefficient (Wildman–Crippen LogP) is 3.66. The summed E-state index contributed by atoms with van der Waals surface area (Å²) >= 11 is 0. The summed E-state index contributed by atoms with van der Waals surface area (Å²) in [6.45, 7) is 2.92. The maximum atomic E-state index is 5.97. The number of hydrogen-bond acceptors (Lipinski definition) is 5. The minimum absolute atomic E-state index is 0. The Kier molecular flexibility index (Phi) is 9.55. The van der Waals surface area contributed by atoms with Crippen LogP contribution in [-0.4, -0.2) is 33.9 Å². The van der Waals surface area contributed by atoms with Crippen LogP contribution < -0.4 is 30.0 Å². The minimum atomic E-state index is 0. The van der Waals surface area contributed by atoms with Crippen LogP contribution in [0.3, 0.4) is 0 Å². The van der Waals surface area contributed by atoms with Crippen molar-refractivity contribution < 1.29 is 18.9 Å². The van der Waals surface area contributed by atoms with Crippen molar-refractivity contribution in [2.24, 2.45) is 10.7 Å². The first-order valence-corrected chi connectivity index (χ1v) is 8.20. The number of hydrogen-bond donors (Lipinski definition) is 2. The van der Waals surface area contributed by atoms with E-state index >= 15 is 0 Å². The molecule has 2 rings (SSSR count). The predicted molar refractivity (Wildman–Crippen MR) is 118 cm³/mol. The highest BCUT2D eigenvalue weighted by molar-refractivity contribution is 14.0. The standard InChI is InChI=1S/C19H25N3O4.HI/c1-5-26-16-8-6-13(10-17(16)24-3)12-21-19(20)22-14-7-9-15(23-2)18(11-14)25-4;/h6-11H,5,12H2,1-4H3,(H3,20,21,22);1H. The second-order valence-electron chi connectivity index (χ2n) is 5.31. The molecule has 0 aliphatic heterocycles. The zero-order chi connectivity index (χ0) is 18.9. The van der Waals surface area contributed by atoms with Crippen LogP contribution in [0.1, 0.15) is 12.5 Å². The van der Waals surface area contributed by atoms with E-state index in [1.54, 1.807) is 33.5 Å². The van der Waals surface area contributed by atoms with Gasteiger partial charge in [0, 0.05) is 11.8 Å². The van der Waals surface area contributed by atoms with Gasteiger partial charge in [0.2, 0.25) is 0 Å². The van der Waals surface area contributed by atoms with Crippen LogP contribution in [0.2, 0.25) is 0 Å². The summed E-state index contributed by atoms with van der Waals surface area (Å²) < 4.78 is 21.3. The Balaban J connectivity index is 0.00000364. The van der Waals surface area contributed by atoms with Crippen molar-refractivity contribution in [1.29, 1.82) is 0 Å². The molecule has 0 unspecified atom stereocenters. The van der Waals surface area contributed by atoms with Crippen LogP contribution in [0.25, 0.3) is 0 Å². The number of anilines is 1. The number of aliphatic imine (C=N–C) groups is 1. The largest absolute Gasteiger partial charge is 0.493 e. The number of nitrogens with zero attached hydrogens (tertiary/aromatic N) is 1. The molecule has 0 aliphatic rings. The third-order valence-corrected chi connectivity index (χ3v) is 3.62. The van der Waals surface area contributed by atoms with Crippen molar-refractivity contribution in [2.45, 2.75) is 13.5 Å². The van der Waals surface area contributed by atoms with Gasteiger partial charge in [-0.2, -0.15) is 0 Å². The molecule has 27 heavy (non-hydrogen) atoms. The molecule has 3 N–H and O–H groups in total. The highest BCUT2D eigenvalue weighted by atomic mass is 127. The molecule has 0 saturated heterocycles. The topological polar surface area (TPSA) is 87.3 Å². The number of guanidine groups is 1. The lowest BCUT2D eigenvalue weighted by atomic mass is 10.2. The lowest BCUT2D eigenvalue weighted by molar-refractivity contribution is 0.310. The monoisotopic (exact) mass is 487 g/mol. The Hall–Kier alpha value is -2.36. The first-order valence-electron chi connectivity index (χ1n) is 8.20. The third kappa shape index (κ3) is 6.38. The second-order valence-corrected chi connectivity index (χ2v) is 5.31. The maximum Gasteiger partial charge on any atom is 0.193 e. The molecule has 0 spiro atoms. The van der Waals surface area contributed by atoms with E-state index in [0.717, 1.165) is 11.3 Å². The van der Waals surface area contributed by atoms with E-state index < -0.39 is 0 Å². The Morgan fingerprint density at radius 3 is 2.19 bits per heavy atom. The van der Waals surface area contributed by atoms with Crippen LogP contribution in [0.4, 0.5) is 5.69 Å². The van der Waals surface area contributed by atoms with Gasteiger partial charge in [0.05, 0.1) is 34.5 Å². The van der Waals surface area contributed by atoms with Crippen molar-refractivity contribution in [1.82, 2.24) is 0 Å². The first-order chi connectivity index (χ1) is 12.6. The van der Waals surface area contributed by atoms with E-state index in [9.17, 15) is 0 Å². The van der Waals surface area contributed by atoms with Gasteiger partial charge in [-0.3, -0.25) is 0 Å². The van der Waals surface area contributed by atoms with Crippen molar-refractivity contribution in [2.75, 3.05) is 33.3 Å². The molecule has 0 amide bonds. The molecule has 0 atom stereocenters. The van der Waals surface area contributed by atoms with Gasteiger partial charge in [-0.15, -0.1) is 24.0 Å². The molecule has 0 saturated carbocycles. The van der Waals surface area contributed by atoms with E-state index in [-0.39, 0.29) is 24.0 Å². The van der Waals surface area contributed by atoms with Gasteiger partial charge in [0.25, 0.3) is 0 Å². The van der Waals surface area contributed by atoms with Crippen molar-refractivity contribution in [3.05, 3.63) is 42.0 Å². The number of benzene rings is 2. The minimum Gasteiger partial charge on any atom is -0.493 e. The average molecular weight is 487 g/mol. The maximum absolute atomic E-state index is 5.97.